The zero-order valence-corrected chi connectivity index (χ0v) is 19.7. The number of carboxylic acid groups (broad SMARTS) is 1. The molecule has 7 heteroatoms. The fourth-order valence-corrected chi connectivity index (χ4v) is 3.53. The van der Waals surface area contributed by atoms with Crippen molar-refractivity contribution in [3.8, 4) is 11.5 Å². The third-order valence-electron chi connectivity index (χ3n) is 5.14. The Morgan fingerprint density at radius 2 is 1.84 bits per heavy atom. The Labute approximate surface area is 189 Å². The number of carboxylic acids is 1. The number of ether oxygens (including phenoxy) is 1. The van der Waals surface area contributed by atoms with Crippen LogP contribution in [0.15, 0.2) is 41.6 Å². The van der Waals surface area contributed by atoms with Crippen molar-refractivity contribution < 1.29 is 25.0 Å². The average Bonchev–Trinajstić information content (AvgIpc) is 2.71. The second-order valence-electron chi connectivity index (χ2n) is 9.23. The molecule has 0 aliphatic rings. The molecule has 0 fully saturated rings. The lowest BCUT2D eigenvalue weighted by atomic mass is 9.83. The van der Waals surface area contributed by atoms with Crippen LogP contribution in [0.5, 0.6) is 11.5 Å². The predicted octanol–water partition coefficient (Wildman–Crippen LogP) is 5.13. The topological polar surface area (TPSA) is 103 Å². The summed E-state index contributed by atoms with van der Waals surface area (Å²) in [6.07, 6.45) is 0. The molecule has 2 rings (SSSR count). The lowest BCUT2D eigenvalue weighted by Crippen LogP contribution is -2.30. The summed E-state index contributed by atoms with van der Waals surface area (Å²) in [5.41, 5.74) is 3.02. The molecule has 0 heterocycles. The first-order valence-electron chi connectivity index (χ1n) is 10.8. The van der Waals surface area contributed by atoms with Gasteiger partial charge in [0.1, 0.15) is 29.4 Å². The Bertz CT molecular complexity index is 977. The van der Waals surface area contributed by atoms with Crippen LogP contribution in [0.2, 0.25) is 0 Å². The van der Waals surface area contributed by atoms with E-state index in [0.29, 0.717) is 11.6 Å². The van der Waals surface area contributed by atoms with Gasteiger partial charge in [0, 0.05) is 30.4 Å². The van der Waals surface area contributed by atoms with Crippen LogP contribution in [0.25, 0.3) is 0 Å². The molecule has 0 spiro atoms. The van der Waals surface area contributed by atoms with E-state index in [9.17, 15) is 15.1 Å². The molecule has 0 bridgehead atoms. The normalized spacial score (nSPS) is 12.2. The summed E-state index contributed by atoms with van der Waals surface area (Å²) >= 11 is 0. The van der Waals surface area contributed by atoms with Crippen molar-refractivity contribution in [1.29, 1.82) is 0 Å². The van der Waals surface area contributed by atoms with Crippen molar-refractivity contribution in [3.05, 3.63) is 53.1 Å². The van der Waals surface area contributed by atoms with Crippen LogP contribution in [0.4, 0.5) is 5.69 Å². The average molecular weight is 443 g/mol. The molecule has 0 amide bonds. The monoisotopic (exact) mass is 442 g/mol. The minimum absolute atomic E-state index is 0.0469. The number of aromatic carboxylic acids is 1. The Balaban J connectivity index is 2.32. The van der Waals surface area contributed by atoms with E-state index < -0.39 is 5.97 Å². The standard InChI is InChI=1S/C25H34N2O5/c1-7-27(14-16(2)3)22-11-8-17(12-20(22)25(4,5)6)21(26-31)15-32-18-9-10-19(24(29)30)23(28)13-18/h8-13,16,28,31H,7,14-15H2,1-6H3,(H,29,30). The largest absolute Gasteiger partial charge is 0.507 e. The molecule has 0 aliphatic heterocycles. The lowest BCUT2D eigenvalue weighted by molar-refractivity contribution is 0.0693. The van der Waals surface area contributed by atoms with E-state index >= 15 is 0 Å². The van der Waals surface area contributed by atoms with Gasteiger partial charge in [-0.2, -0.15) is 0 Å². The summed E-state index contributed by atoms with van der Waals surface area (Å²) in [7, 11) is 0. The maximum absolute atomic E-state index is 11.0. The molecule has 7 nitrogen and oxygen atoms in total. The summed E-state index contributed by atoms with van der Waals surface area (Å²) in [4.78, 5) is 13.4. The maximum atomic E-state index is 11.0. The van der Waals surface area contributed by atoms with Crippen LogP contribution >= 0.6 is 0 Å². The fourth-order valence-electron chi connectivity index (χ4n) is 3.53. The van der Waals surface area contributed by atoms with Gasteiger partial charge < -0.3 is 25.1 Å². The van der Waals surface area contributed by atoms with E-state index in [-0.39, 0.29) is 29.1 Å². The van der Waals surface area contributed by atoms with E-state index in [2.05, 4.69) is 57.7 Å². The van der Waals surface area contributed by atoms with Crippen molar-refractivity contribution in [2.75, 3.05) is 24.6 Å². The van der Waals surface area contributed by atoms with Gasteiger partial charge in [-0.1, -0.05) is 45.8 Å². The van der Waals surface area contributed by atoms with E-state index in [0.717, 1.165) is 29.9 Å². The van der Waals surface area contributed by atoms with Gasteiger partial charge in [-0.3, -0.25) is 0 Å². The summed E-state index contributed by atoms with van der Waals surface area (Å²) in [5.74, 6) is -0.813. The number of rotatable bonds is 9. The lowest BCUT2D eigenvalue weighted by Gasteiger charge is -2.32. The van der Waals surface area contributed by atoms with E-state index in [1.807, 2.05) is 12.1 Å². The number of phenols is 1. The van der Waals surface area contributed by atoms with Gasteiger partial charge in [0.25, 0.3) is 0 Å². The van der Waals surface area contributed by atoms with Gasteiger partial charge >= 0.3 is 5.97 Å². The highest BCUT2D eigenvalue weighted by atomic mass is 16.5. The Hall–Kier alpha value is -3.22. The molecular weight excluding hydrogens is 408 g/mol. The number of hydrogen-bond donors (Lipinski definition) is 3. The van der Waals surface area contributed by atoms with Gasteiger partial charge in [0.15, 0.2) is 0 Å². The molecule has 0 atom stereocenters. The highest BCUT2D eigenvalue weighted by Crippen LogP contribution is 2.34. The fraction of sp³-hybridized carbons (Fsp3) is 0.440. The van der Waals surface area contributed by atoms with Crippen molar-refractivity contribution >= 4 is 17.4 Å². The summed E-state index contributed by atoms with van der Waals surface area (Å²) in [6, 6.07) is 9.95. The Morgan fingerprint density at radius 3 is 2.34 bits per heavy atom. The van der Waals surface area contributed by atoms with Crippen LogP contribution in [-0.2, 0) is 5.41 Å². The zero-order chi connectivity index (χ0) is 24.1. The van der Waals surface area contributed by atoms with Gasteiger partial charge in [0.2, 0.25) is 0 Å². The Morgan fingerprint density at radius 1 is 1.16 bits per heavy atom. The van der Waals surface area contributed by atoms with E-state index in [1.165, 1.54) is 18.2 Å². The first kappa shape index (κ1) is 25.0. The summed E-state index contributed by atoms with van der Waals surface area (Å²) in [6.45, 7) is 14.8. The van der Waals surface area contributed by atoms with Crippen LogP contribution in [-0.4, -0.2) is 46.8 Å². The highest BCUT2D eigenvalue weighted by molar-refractivity contribution is 6.02. The van der Waals surface area contributed by atoms with Gasteiger partial charge in [-0.05, 0) is 48.1 Å². The molecule has 0 saturated heterocycles. The number of anilines is 1. The summed E-state index contributed by atoms with van der Waals surface area (Å²) < 4.78 is 5.65. The van der Waals surface area contributed by atoms with Gasteiger partial charge in [0.05, 0.1) is 0 Å². The number of carbonyl (C=O) groups is 1. The second kappa shape index (κ2) is 10.4. The molecule has 0 unspecified atom stereocenters. The molecule has 0 aromatic heterocycles. The Kier molecular flexibility index (Phi) is 8.14. The first-order valence-corrected chi connectivity index (χ1v) is 10.8. The first-order chi connectivity index (χ1) is 15.0. The molecule has 0 radical (unpaired) electrons. The van der Waals surface area contributed by atoms with Crippen LogP contribution < -0.4 is 9.64 Å². The number of oxime groups is 1. The number of aromatic hydroxyl groups is 1. The molecule has 0 saturated carbocycles. The van der Waals surface area contributed by atoms with E-state index in [4.69, 9.17) is 9.84 Å². The predicted molar refractivity (Wildman–Crippen MR) is 127 cm³/mol. The van der Waals surface area contributed by atoms with Crippen molar-refractivity contribution in [2.45, 2.75) is 47.0 Å². The van der Waals surface area contributed by atoms with E-state index in [1.54, 1.807) is 0 Å². The van der Waals surface area contributed by atoms with Crippen LogP contribution in [0.3, 0.4) is 0 Å². The SMILES string of the molecule is CCN(CC(C)C)c1ccc(C(COc2ccc(C(=O)O)c(O)c2)=NO)cc1C(C)(C)C. The smallest absolute Gasteiger partial charge is 0.339 e. The van der Waals surface area contributed by atoms with Crippen molar-refractivity contribution in [2.24, 2.45) is 11.1 Å². The minimum Gasteiger partial charge on any atom is -0.507 e. The molecule has 2 aromatic carbocycles. The van der Waals surface area contributed by atoms with Crippen LogP contribution in [0.1, 0.15) is 63.0 Å². The third-order valence-corrected chi connectivity index (χ3v) is 5.14. The van der Waals surface area contributed by atoms with Gasteiger partial charge in [-0.25, -0.2) is 4.79 Å². The second-order valence-corrected chi connectivity index (χ2v) is 9.23. The van der Waals surface area contributed by atoms with Crippen LogP contribution in [0, 0.1) is 5.92 Å². The quantitative estimate of drug-likeness (QED) is 0.283. The highest BCUT2D eigenvalue weighted by Gasteiger charge is 2.23. The minimum atomic E-state index is -1.22. The molecule has 3 N–H and O–H groups in total. The third kappa shape index (κ3) is 6.15. The molecule has 0 aliphatic carbocycles. The number of benzene rings is 2. The molecular formula is C25H34N2O5. The van der Waals surface area contributed by atoms with Gasteiger partial charge in [-0.15, -0.1) is 0 Å². The van der Waals surface area contributed by atoms with Crippen molar-refractivity contribution in [3.63, 3.8) is 0 Å². The molecule has 32 heavy (non-hydrogen) atoms. The number of nitrogens with zero attached hydrogens (tertiary/aromatic N) is 2. The molecule has 2 aromatic rings. The number of hydrogen-bond acceptors (Lipinski definition) is 6. The van der Waals surface area contributed by atoms with Crippen molar-refractivity contribution in [1.82, 2.24) is 0 Å². The molecule has 174 valence electrons. The zero-order valence-electron chi connectivity index (χ0n) is 19.7. The maximum Gasteiger partial charge on any atom is 0.339 e. The summed E-state index contributed by atoms with van der Waals surface area (Å²) in [5, 5.41) is 31.9.